The molecule has 1 N–H and O–H groups in total. The van der Waals surface area contributed by atoms with Crippen LogP contribution in [0.25, 0.3) is 11.5 Å². The smallest absolute Gasteiger partial charge is 0.277 e. The second-order valence-electron chi connectivity index (χ2n) is 6.74. The zero-order valence-corrected chi connectivity index (χ0v) is 17.5. The summed E-state index contributed by atoms with van der Waals surface area (Å²) in [5, 5.41) is 21.1. The van der Waals surface area contributed by atoms with Crippen LogP contribution in [0, 0.1) is 11.3 Å². The standard InChI is InChI=1S/C20H19N5O2S2/c1-12(28-20-25-24-18(27-20)13-6-5-9-22-11-13)17(26)23-19-15(10-21)14-7-3-2-4-8-16(14)29-19/h5-6,9,11-12H,2-4,7-8H2,1H3,(H,23,26)/t12-/m0/s1. The number of rotatable bonds is 5. The predicted octanol–water partition coefficient (Wildman–Crippen LogP) is 4.45. The number of aromatic nitrogens is 3. The van der Waals surface area contributed by atoms with Gasteiger partial charge >= 0.3 is 0 Å². The quantitative estimate of drug-likeness (QED) is 0.475. The van der Waals surface area contributed by atoms with E-state index in [9.17, 15) is 10.1 Å². The second kappa shape index (κ2) is 8.76. The van der Waals surface area contributed by atoms with Gasteiger partial charge in [-0.25, -0.2) is 0 Å². The molecule has 0 saturated heterocycles. The fourth-order valence-electron chi connectivity index (χ4n) is 3.23. The van der Waals surface area contributed by atoms with Crippen molar-refractivity contribution in [3.8, 4) is 17.5 Å². The molecule has 0 spiro atoms. The minimum absolute atomic E-state index is 0.191. The zero-order chi connectivity index (χ0) is 20.2. The van der Waals surface area contributed by atoms with Crippen molar-refractivity contribution in [1.29, 1.82) is 5.26 Å². The van der Waals surface area contributed by atoms with Crippen LogP contribution in [-0.2, 0) is 17.6 Å². The first kappa shape index (κ1) is 19.6. The summed E-state index contributed by atoms with van der Waals surface area (Å²) in [6, 6.07) is 5.91. The topological polar surface area (TPSA) is 105 Å². The number of aryl methyl sites for hydroxylation is 1. The Morgan fingerprint density at radius 1 is 1.34 bits per heavy atom. The molecule has 3 aromatic rings. The molecule has 4 rings (SSSR count). The van der Waals surface area contributed by atoms with Crippen molar-refractivity contribution >= 4 is 34.0 Å². The molecule has 0 radical (unpaired) electrons. The molecule has 1 aliphatic rings. The lowest BCUT2D eigenvalue weighted by Gasteiger charge is -2.09. The predicted molar refractivity (Wildman–Crippen MR) is 112 cm³/mol. The number of carbonyl (C=O) groups is 1. The molecule has 1 atom stereocenters. The van der Waals surface area contributed by atoms with Crippen molar-refractivity contribution in [3.05, 3.63) is 40.5 Å². The van der Waals surface area contributed by atoms with Crippen molar-refractivity contribution in [3.63, 3.8) is 0 Å². The van der Waals surface area contributed by atoms with Crippen LogP contribution in [0.1, 0.15) is 42.2 Å². The number of hydrogen-bond donors (Lipinski definition) is 1. The minimum Gasteiger partial charge on any atom is -0.411 e. The molecule has 3 heterocycles. The van der Waals surface area contributed by atoms with E-state index in [2.05, 4.69) is 26.6 Å². The highest BCUT2D eigenvalue weighted by Crippen LogP contribution is 2.37. The number of thiophene rings is 1. The Labute approximate surface area is 176 Å². The van der Waals surface area contributed by atoms with E-state index in [0.717, 1.165) is 36.8 Å². The van der Waals surface area contributed by atoms with Crippen LogP contribution in [0.5, 0.6) is 0 Å². The van der Waals surface area contributed by atoms with Gasteiger partial charge in [-0.1, -0.05) is 18.2 Å². The van der Waals surface area contributed by atoms with Crippen LogP contribution in [-0.4, -0.2) is 26.3 Å². The molecule has 0 aromatic carbocycles. The Balaban J connectivity index is 1.44. The highest BCUT2D eigenvalue weighted by molar-refractivity contribution is 8.00. The van der Waals surface area contributed by atoms with Crippen molar-refractivity contribution in [2.24, 2.45) is 0 Å². The number of nitrogens with zero attached hydrogens (tertiary/aromatic N) is 4. The number of thioether (sulfide) groups is 1. The summed E-state index contributed by atoms with van der Waals surface area (Å²) in [5.74, 6) is 0.172. The van der Waals surface area contributed by atoms with E-state index in [1.165, 1.54) is 34.4 Å². The SMILES string of the molecule is C[C@H](Sc1nnc(-c2cccnc2)o1)C(=O)Nc1sc2c(c1C#N)CCCCC2. The van der Waals surface area contributed by atoms with Gasteiger partial charge in [0.2, 0.25) is 11.8 Å². The average molecular weight is 426 g/mol. The fourth-order valence-corrected chi connectivity index (χ4v) is 5.16. The van der Waals surface area contributed by atoms with E-state index >= 15 is 0 Å². The lowest BCUT2D eigenvalue weighted by molar-refractivity contribution is -0.115. The Hall–Kier alpha value is -2.70. The third kappa shape index (κ3) is 4.33. The molecule has 3 aromatic heterocycles. The van der Waals surface area contributed by atoms with Gasteiger partial charge in [0.1, 0.15) is 11.1 Å². The third-order valence-electron chi connectivity index (χ3n) is 4.73. The maximum absolute atomic E-state index is 12.7. The van der Waals surface area contributed by atoms with Crippen molar-refractivity contribution in [1.82, 2.24) is 15.2 Å². The van der Waals surface area contributed by atoms with Crippen LogP contribution < -0.4 is 5.32 Å². The Morgan fingerprint density at radius 3 is 3.00 bits per heavy atom. The summed E-state index contributed by atoms with van der Waals surface area (Å²) >= 11 is 2.72. The van der Waals surface area contributed by atoms with Gasteiger partial charge in [0, 0.05) is 17.3 Å². The monoisotopic (exact) mass is 425 g/mol. The van der Waals surface area contributed by atoms with E-state index in [4.69, 9.17) is 4.42 Å². The van der Waals surface area contributed by atoms with Gasteiger partial charge in [-0.2, -0.15) is 5.26 Å². The number of nitriles is 1. The Bertz CT molecular complexity index is 1050. The van der Waals surface area contributed by atoms with Crippen molar-refractivity contribution in [2.75, 3.05) is 5.32 Å². The Kier molecular flexibility index (Phi) is 5.92. The van der Waals surface area contributed by atoms with Crippen LogP contribution >= 0.6 is 23.1 Å². The van der Waals surface area contributed by atoms with Crippen LogP contribution in [0.15, 0.2) is 34.2 Å². The van der Waals surface area contributed by atoms with Gasteiger partial charge in [-0.05, 0) is 50.3 Å². The number of nitrogens with one attached hydrogen (secondary N) is 1. The number of amides is 1. The summed E-state index contributed by atoms with van der Waals surface area (Å²) < 4.78 is 5.64. The summed E-state index contributed by atoms with van der Waals surface area (Å²) in [6.07, 6.45) is 8.61. The third-order valence-corrected chi connectivity index (χ3v) is 6.87. The summed E-state index contributed by atoms with van der Waals surface area (Å²) in [7, 11) is 0. The maximum atomic E-state index is 12.7. The minimum atomic E-state index is -0.453. The number of hydrogen-bond acceptors (Lipinski definition) is 8. The lowest BCUT2D eigenvalue weighted by atomic mass is 10.1. The van der Waals surface area contributed by atoms with E-state index in [1.54, 1.807) is 25.4 Å². The first-order valence-electron chi connectivity index (χ1n) is 9.41. The van der Waals surface area contributed by atoms with E-state index < -0.39 is 5.25 Å². The maximum Gasteiger partial charge on any atom is 0.277 e. The zero-order valence-electron chi connectivity index (χ0n) is 15.8. The first-order valence-corrected chi connectivity index (χ1v) is 11.1. The molecule has 0 fully saturated rings. The molecule has 1 amide bonds. The fraction of sp³-hybridized carbons (Fsp3) is 0.350. The van der Waals surface area contributed by atoms with Crippen molar-refractivity contribution in [2.45, 2.75) is 49.5 Å². The largest absolute Gasteiger partial charge is 0.411 e. The molecule has 7 nitrogen and oxygen atoms in total. The molecule has 0 unspecified atom stereocenters. The highest BCUT2D eigenvalue weighted by Gasteiger charge is 2.24. The molecule has 9 heteroatoms. The van der Waals surface area contributed by atoms with E-state index in [-0.39, 0.29) is 5.91 Å². The lowest BCUT2D eigenvalue weighted by Crippen LogP contribution is -2.22. The number of fused-ring (bicyclic) bond motifs is 1. The average Bonchev–Trinajstić information content (AvgIpc) is 3.25. The molecule has 0 saturated carbocycles. The van der Waals surface area contributed by atoms with Gasteiger partial charge in [-0.3, -0.25) is 9.78 Å². The summed E-state index contributed by atoms with van der Waals surface area (Å²) in [6.45, 7) is 1.78. The van der Waals surface area contributed by atoms with Crippen LogP contribution in [0.4, 0.5) is 5.00 Å². The van der Waals surface area contributed by atoms with Gasteiger partial charge in [0.15, 0.2) is 0 Å². The normalized spacial score (nSPS) is 14.5. The van der Waals surface area contributed by atoms with Crippen LogP contribution in [0.3, 0.4) is 0 Å². The van der Waals surface area contributed by atoms with Gasteiger partial charge in [-0.15, -0.1) is 21.5 Å². The number of carbonyl (C=O) groups excluding carboxylic acids is 1. The van der Waals surface area contributed by atoms with E-state index in [1.807, 2.05) is 6.07 Å². The Morgan fingerprint density at radius 2 is 2.21 bits per heavy atom. The molecule has 1 aliphatic carbocycles. The molecule has 148 valence electrons. The molecule has 29 heavy (non-hydrogen) atoms. The molecular weight excluding hydrogens is 406 g/mol. The summed E-state index contributed by atoms with van der Waals surface area (Å²) in [4.78, 5) is 18.0. The summed E-state index contributed by atoms with van der Waals surface area (Å²) in [5.41, 5.74) is 2.46. The van der Waals surface area contributed by atoms with Crippen LogP contribution in [0.2, 0.25) is 0 Å². The first-order chi connectivity index (χ1) is 14.2. The van der Waals surface area contributed by atoms with Gasteiger partial charge in [0.05, 0.1) is 16.4 Å². The van der Waals surface area contributed by atoms with Crippen molar-refractivity contribution < 1.29 is 9.21 Å². The number of anilines is 1. The molecule has 0 bridgehead atoms. The highest BCUT2D eigenvalue weighted by atomic mass is 32.2. The van der Waals surface area contributed by atoms with Gasteiger partial charge < -0.3 is 9.73 Å². The number of pyridine rings is 1. The molecule has 0 aliphatic heterocycles. The second-order valence-corrected chi connectivity index (χ2v) is 9.14. The van der Waals surface area contributed by atoms with Gasteiger partial charge in [0.25, 0.3) is 5.22 Å². The van der Waals surface area contributed by atoms with E-state index in [0.29, 0.717) is 21.7 Å². The molecular formula is C20H19N5O2S2.